The van der Waals surface area contributed by atoms with E-state index in [-0.39, 0.29) is 44.5 Å². The highest BCUT2D eigenvalue weighted by molar-refractivity contribution is 8.76. The van der Waals surface area contributed by atoms with Crippen molar-refractivity contribution in [3.05, 3.63) is 71.8 Å². The molecule has 0 bridgehead atoms. The Bertz CT molecular complexity index is 1140. The second kappa shape index (κ2) is 20.0. The molecule has 0 aliphatic carbocycles. The van der Waals surface area contributed by atoms with Gasteiger partial charge in [0.1, 0.15) is 31.8 Å². The van der Waals surface area contributed by atoms with Gasteiger partial charge in [-0.15, -0.1) is 0 Å². The highest BCUT2D eigenvalue weighted by atomic mass is 33.1. The molecule has 2 unspecified atom stereocenters. The fraction of sp³-hybridized carbons (Fsp3) is 0.393. The first-order valence-corrected chi connectivity index (χ1v) is 15.6. The van der Waals surface area contributed by atoms with E-state index in [1.165, 1.54) is 10.8 Å². The Morgan fingerprint density at radius 2 is 1.14 bits per heavy atom. The summed E-state index contributed by atoms with van der Waals surface area (Å²) < 4.78 is 20.3. The summed E-state index contributed by atoms with van der Waals surface area (Å²) in [7, 11) is 2.33. The van der Waals surface area contributed by atoms with Crippen LogP contribution in [0.1, 0.15) is 25.0 Å². The van der Waals surface area contributed by atoms with Crippen molar-refractivity contribution in [2.45, 2.75) is 39.1 Å². The van der Waals surface area contributed by atoms with Crippen LogP contribution in [-0.2, 0) is 46.5 Å². The number of amides is 3. The zero-order valence-electron chi connectivity index (χ0n) is 23.4. The lowest BCUT2D eigenvalue weighted by Gasteiger charge is -2.19. The summed E-state index contributed by atoms with van der Waals surface area (Å²) in [6.07, 6.45) is -1.62. The van der Waals surface area contributed by atoms with Crippen molar-refractivity contribution in [1.29, 1.82) is 0 Å². The van der Waals surface area contributed by atoms with E-state index in [9.17, 15) is 24.0 Å². The third-order valence-electron chi connectivity index (χ3n) is 5.16. The van der Waals surface area contributed by atoms with Crippen molar-refractivity contribution >= 4 is 51.6 Å². The first-order valence-electron chi connectivity index (χ1n) is 13.1. The number of hydrogen-bond donors (Lipinski definition) is 3. The van der Waals surface area contributed by atoms with Gasteiger partial charge in [0.05, 0.1) is 13.2 Å². The Balaban J connectivity index is 1.91. The Kier molecular flexibility index (Phi) is 16.4. The largest absolute Gasteiger partial charge is 0.465 e. The van der Waals surface area contributed by atoms with Crippen molar-refractivity contribution in [2.24, 2.45) is 0 Å². The van der Waals surface area contributed by atoms with Gasteiger partial charge < -0.3 is 34.9 Å². The third kappa shape index (κ3) is 14.1. The molecule has 2 aromatic rings. The van der Waals surface area contributed by atoms with Gasteiger partial charge in [0.15, 0.2) is 0 Å². The highest BCUT2D eigenvalue weighted by Crippen LogP contribution is 2.23. The Morgan fingerprint density at radius 3 is 1.64 bits per heavy atom. The minimum Gasteiger partial charge on any atom is -0.465 e. The summed E-state index contributed by atoms with van der Waals surface area (Å²) in [5.74, 6) is -1.76. The minimum absolute atomic E-state index is 0.000999. The van der Waals surface area contributed by atoms with Crippen LogP contribution < -0.4 is 16.0 Å². The topological polar surface area (TPSA) is 158 Å². The fourth-order valence-electron chi connectivity index (χ4n) is 3.14. The van der Waals surface area contributed by atoms with E-state index in [0.29, 0.717) is 0 Å². The van der Waals surface area contributed by atoms with Crippen molar-refractivity contribution in [2.75, 3.05) is 31.3 Å². The Hall–Kier alpha value is -3.91. The molecule has 0 spiro atoms. The van der Waals surface area contributed by atoms with E-state index in [0.717, 1.165) is 21.9 Å². The predicted octanol–water partition coefficient (Wildman–Crippen LogP) is 3.20. The second-order valence-corrected chi connectivity index (χ2v) is 10.9. The average Bonchev–Trinajstić information content (AvgIpc) is 3.00. The summed E-state index contributed by atoms with van der Waals surface area (Å²) in [6, 6.07) is 16.0. The van der Waals surface area contributed by atoms with Crippen molar-refractivity contribution < 1.29 is 42.9 Å². The van der Waals surface area contributed by atoms with Gasteiger partial charge >= 0.3 is 24.1 Å². The molecule has 0 saturated heterocycles. The second-order valence-electron chi connectivity index (χ2n) is 8.36. The van der Waals surface area contributed by atoms with Crippen LogP contribution in [0.5, 0.6) is 0 Å². The standard InChI is InChI=1S/C28H35N3O9S2/c1-3-37-24(32)15-29-25(33)22(30-27(35)39-16-20-11-7-5-8-12-20)18-41-42-19-23(26(34)38-4-2)31-28(36)40-17-21-13-9-6-10-14-21/h5-14,22-23H,3-4,15-19H2,1-2H3,(H,29,33)(H,30,35)(H,31,36). The van der Waals surface area contributed by atoms with Gasteiger partial charge in [0.25, 0.3) is 0 Å². The monoisotopic (exact) mass is 621 g/mol. The maximum Gasteiger partial charge on any atom is 0.408 e. The van der Waals surface area contributed by atoms with Crippen molar-refractivity contribution in [3.8, 4) is 0 Å². The molecule has 42 heavy (non-hydrogen) atoms. The quantitative estimate of drug-likeness (QED) is 0.103. The van der Waals surface area contributed by atoms with Crippen LogP contribution in [0.15, 0.2) is 60.7 Å². The molecule has 0 heterocycles. The third-order valence-corrected chi connectivity index (χ3v) is 7.58. The van der Waals surface area contributed by atoms with Crippen molar-refractivity contribution in [1.82, 2.24) is 16.0 Å². The molecule has 0 radical (unpaired) electrons. The van der Waals surface area contributed by atoms with Crippen LogP contribution in [0.2, 0.25) is 0 Å². The molecule has 0 aliphatic rings. The lowest BCUT2D eigenvalue weighted by molar-refractivity contribution is -0.145. The Morgan fingerprint density at radius 1 is 0.667 bits per heavy atom. The summed E-state index contributed by atoms with van der Waals surface area (Å²) >= 11 is 0. The summed E-state index contributed by atoms with van der Waals surface area (Å²) in [5.41, 5.74) is 1.55. The molecule has 12 nitrogen and oxygen atoms in total. The highest BCUT2D eigenvalue weighted by Gasteiger charge is 2.26. The number of carbonyl (C=O) groups is 5. The van der Waals surface area contributed by atoms with Crippen LogP contribution in [-0.4, -0.2) is 73.4 Å². The van der Waals surface area contributed by atoms with Gasteiger partial charge in [0, 0.05) is 11.5 Å². The number of rotatable bonds is 17. The molecular formula is C28H35N3O9S2. The molecule has 0 aromatic heterocycles. The van der Waals surface area contributed by atoms with E-state index in [1.54, 1.807) is 50.2 Å². The maximum atomic E-state index is 12.8. The van der Waals surface area contributed by atoms with Gasteiger partial charge in [0.2, 0.25) is 5.91 Å². The first kappa shape index (κ1) is 34.3. The van der Waals surface area contributed by atoms with Crippen LogP contribution in [0.25, 0.3) is 0 Å². The number of nitrogens with one attached hydrogen (secondary N) is 3. The molecule has 0 saturated carbocycles. The summed E-state index contributed by atoms with van der Waals surface area (Å²) in [6.45, 7) is 3.21. The zero-order valence-corrected chi connectivity index (χ0v) is 25.0. The Labute approximate surface area is 252 Å². The molecule has 14 heteroatoms. The number of ether oxygens (including phenoxy) is 4. The van der Waals surface area contributed by atoms with E-state index in [2.05, 4.69) is 16.0 Å². The van der Waals surface area contributed by atoms with Crippen LogP contribution in [0.4, 0.5) is 9.59 Å². The van der Waals surface area contributed by atoms with E-state index >= 15 is 0 Å². The predicted molar refractivity (Wildman–Crippen MR) is 158 cm³/mol. The molecule has 2 atom stereocenters. The van der Waals surface area contributed by atoms with Gasteiger partial charge in [-0.05, 0) is 25.0 Å². The molecule has 2 aromatic carbocycles. The van der Waals surface area contributed by atoms with E-state index < -0.39 is 42.1 Å². The van der Waals surface area contributed by atoms with E-state index in [4.69, 9.17) is 18.9 Å². The zero-order chi connectivity index (χ0) is 30.6. The number of benzene rings is 2. The fourth-order valence-corrected chi connectivity index (χ4v) is 5.45. The molecule has 2 rings (SSSR count). The molecule has 0 aliphatic heterocycles. The SMILES string of the molecule is CCOC(=O)CNC(=O)C(CSSCC(NC(=O)OCc1ccccc1)C(=O)OCC)NC(=O)OCc1ccccc1. The van der Waals surface area contributed by atoms with E-state index in [1.807, 2.05) is 24.3 Å². The van der Waals surface area contributed by atoms with Gasteiger partial charge in [-0.2, -0.15) is 0 Å². The minimum atomic E-state index is -1.08. The molecule has 3 N–H and O–H groups in total. The lowest BCUT2D eigenvalue weighted by atomic mass is 10.2. The smallest absolute Gasteiger partial charge is 0.408 e. The maximum absolute atomic E-state index is 12.8. The average molecular weight is 622 g/mol. The number of carbonyl (C=O) groups excluding carboxylic acids is 5. The molecule has 0 fully saturated rings. The number of alkyl carbamates (subject to hydrolysis) is 2. The molecule has 3 amide bonds. The van der Waals surface area contributed by atoms with Gasteiger partial charge in [-0.1, -0.05) is 82.3 Å². The lowest BCUT2D eigenvalue weighted by Crippen LogP contribution is -2.49. The summed E-state index contributed by atoms with van der Waals surface area (Å²) in [4.78, 5) is 61.6. The van der Waals surface area contributed by atoms with Gasteiger partial charge in [-0.25, -0.2) is 14.4 Å². The molecular weight excluding hydrogens is 586 g/mol. The van der Waals surface area contributed by atoms with Crippen LogP contribution in [0, 0.1) is 0 Å². The molecule has 228 valence electrons. The first-order chi connectivity index (χ1) is 20.3. The summed E-state index contributed by atoms with van der Waals surface area (Å²) in [5, 5.41) is 7.43. The normalized spacial score (nSPS) is 11.8. The number of hydrogen-bond acceptors (Lipinski definition) is 11. The van der Waals surface area contributed by atoms with Crippen LogP contribution in [0.3, 0.4) is 0 Å². The van der Waals surface area contributed by atoms with Gasteiger partial charge in [-0.3, -0.25) is 9.59 Å². The number of esters is 2. The van der Waals surface area contributed by atoms with Crippen molar-refractivity contribution in [3.63, 3.8) is 0 Å². The van der Waals surface area contributed by atoms with Crippen LogP contribution >= 0.6 is 21.6 Å².